The highest BCUT2D eigenvalue weighted by molar-refractivity contribution is 7.12. The molecule has 0 aliphatic rings. The predicted octanol–water partition coefficient (Wildman–Crippen LogP) is 2.12. The summed E-state index contributed by atoms with van der Waals surface area (Å²) in [5.74, 6) is -1.87. The van der Waals surface area contributed by atoms with Crippen LogP contribution in [0.5, 0.6) is 0 Å². The van der Waals surface area contributed by atoms with Crippen LogP contribution >= 0.6 is 11.3 Å². The molecule has 114 valence electrons. The van der Waals surface area contributed by atoms with Crippen molar-refractivity contribution in [2.45, 2.75) is 6.92 Å². The summed E-state index contributed by atoms with van der Waals surface area (Å²) in [7, 11) is 0. The maximum atomic E-state index is 12.0. The quantitative estimate of drug-likeness (QED) is 0.787. The van der Waals surface area contributed by atoms with Gasteiger partial charge in [-0.15, -0.1) is 11.3 Å². The molecular weight excluding hydrogens is 304 g/mol. The Morgan fingerprint density at radius 2 is 1.95 bits per heavy atom. The molecule has 0 bridgehead atoms. The first-order valence-corrected chi connectivity index (χ1v) is 7.31. The Bertz CT molecular complexity index is 710. The maximum absolute atomic E-state index is 12.0. The van der Waals surface area contributed by atoms with E-state index in [1.54, 1.807) is 29.6 Å². The highest BCUT2D eigenvalue weighted by atomic mass is 32.1. The molecule has 1 heterocycles. The summed E-state index contributed by atoms with van der Waals surface area (Å²) in [6.07, 6.45) is 0. The predicted molar refractivity (Wildman–Crippen MR) is 83.4 cm³/mol. The Kier molecular flexibility index (Phi) is 4.90. The van der Waals surface area contributed by atoms with Crippen LogP contribution in [0.25, 0.3) is 0 Å². The molecule has 2 aromatic rings. The second-order valence-corrected chi connectivity index (χ2v) is 5.49. The molecule has 6 nitrogen and oxygen atoms in total. The molecule has 0 spiro atoms. The van der Waals surface area contributed by atoms with Gasteiger partial charge in [-0.25, -0.2) is 0 Å². The third-order valence-corrected chi connectivity index (χ3v) is 3.76. The average molecular weight is 318 g/mol. The Balaban J connectivity index is 2.14. The van der Waals surface area contributed by atoms with E-state index in [0.29, 0.717) is 10.6 Å². The lowest BCUT2D eigenvalue weighted by Gasteiger charge is -2.10. The van der Waals surface area contributed by atoms with Gasteiger partial charge in [-0.2, -0.15) is 0 Å². The van der Waals surface area contributed by atoms with Crippen LogP contribution in [0.3, 0.4) is 0 Å². The van der Waals surface area contributed by atoms with Crippen LogP contribution < -0.4 is 10.6 Å². The van der Waals surface area contributed by atoms with E-state index in [4.69, 9.17) is 5.11 Å². The number of carbonyl (C=O) groups excluding carboxylic acids is 2. The van der Waals surface area contributed by atoms with Gasteiger partial charge in [0.2, 0.25) is 0 Å². The van der Waals surface area contributed by atoms with E-state index in [0.717, 1.165) is 5.56 Å². The van der Waals surface area contributed by atoms with E-state index < -0.39 is 18.4 Å². The number of amides is 2. The van der Waals surface area contributed by atoms with Crippen molar-refractivity contribution >= 4 is 34.8 Å². The van der Waals surface area contributed by atoms with Gasteiger partial charge in [0.15, 0.2) is 0 Å². The minimum atomic E-state index is -1.12. The highest BCUT2D eigenvalue weighted by Crippen LogP contribution is 2.19. The molecule has 0 saturated carbocycles. The molecular formula is C15H14N2O4S. The van der Waals surface area contributed by atoms with Crippen molar-refractivity contribution < 1.29 is 19.5 Å². The minimum absolute atomic E-state index is 0.249. The molecule has 1 aromatic heterocycles. The van der Waals surface area contributed by atoms with Crippen LogP contribution in [0.2, 0.25) is 0 Å². The van der Waals surface area contributed by atoms with Gasteiger partial charge >= 0.3 is 5.97 Å². The Labute approximate surface area is 130 Å². The maximum Gasteiger partial charge on any atom is 0.322 e. The van der Waals surface area contributed by atoms with Crippen molar-refractivity contribution in [3.63, 3.8) is 0 Å². The number of nitrogens with one attached hydrogen (secondary N) is 2. The van der Waals surface area contributed by atoms with E-state index in [2.05, 4.69) is 10.6 Å². The Morgan fingerprint density at radius 3 is 2.59 bits per heavy atom. The van der Waals surface area contributed by atoms with Gasteiger partial charge < -0.3 is 15.7 Å². The van der Waals surface area contributed by atoms with Crippen LogP contribution in [0, 0.1) is 6.92 Å². The fourth-order valence-corrected chi connectivity index (χ4v) is 2.37. The largest absolute Gasteiger partial charge is 0.480 e. The lowest BCUT2D eigenvalue weighted by molar-refractivity contribution is -0.135. The van der Waals surface area contributed by atoms with Gasteiger partial charge in [0.25, 0.3) is 11.8 Å². The Morgan fingerprint density at radius 1 is 1.18 bits per heavy atom. The van der Waals surface area contributed by atoms with E-state index in [9.17, 15) is 14.4 Å². The van der Waals surface area contributed by atoms with Crippen molar-refractivity contribution in [3.8, 4) is 0 Å². The Hall–Kier alpha value is -2.67. The number of aryl methyl sites for hydroxylation is 1. The third-order valence-electron chi connectivity index (χ3n) is 2.89. The van der Waals surface area contributed by atoms with Crippen molar-refractivity contribution in [1.29, 1.82) is 0 Å². The number of carbonyl (C=O) groups is 3. The summed E-state index contributed by atoms with van der Waals surface area (Å²) in [4.78, 5) is 34.9. The topological polar surface area (TPSA) is 95.5 Å². The number of hydrogen-bond donors (Lipinski definition) is 3. The SMILES string of the molecule is Cc1ccc(C(=O)NCC(=O)O)cc1NC(=O)c1cccs1. The van der Waals surface area contributed by atoms with E-state index >= 15 is 0 Å². The molecule has 1 aromatic carbocycles. The van der Waals surface area contributed by atoms with E-state index in [1.807, 2.05) is 6.92 Å². The molecule has 22 heavy (non-hydrogen) atoms. The first kappa shape index (κ1) is 15.7. The van der Waals surface area contributed by atoms with Crippen LogP contribution in [0.1, 0.15) is 25.6 Å². The van der Waals surface area contributed by atoms with Gasteiger partial charge in [0.1, 0.15) is 6.54 Å². The van der Waals surface area contributed by atoms with Crippen molar-refractivity contribution in [3.05, 3.63) is 51.7 Å². The van der Waals surface area contributed by atoms with Crippen molar-refractivity contribution in [1.82, 2.24) is 5.32 Å². The minimum Gasteiger partial charge on any atom is -0.480 e. The molecule has 0 radical (unpaired) electrons. The van der Waals surface area contributed by atoms with Crippen molar-refractivity contribution in [2.24, 2.45) is 0 Å². The number of carboxylic acid groups (broad SMARTS) is 1. The zero-order valence-corrected chi connectivity index (χ0v) is 12.6. The number of rotatable bonds is 5. The first-order chi connectivity index (χ1) is 10.5. The van der Waals surface area contributed by atoms with Gasteiger partial charge in [0.05, 0.1) is 4.88 Å². The smallest absolute Gasteiger partial charge is 0.322 e. The molecule has 0 atom stereocenters. The molecule has 7 heteroatoms. The molecule has 0 aliphatic heterocycles. The van der Waals surface area contributed by atoms with Gasteiger partial charge in [-0.1, -0.05) is 12.1 Å². The number of thiophene rings is 1. The van der Waals surface area contributed by atoms with Gasteiger partial charge in [-0.3, -0.25) is 14.4 Å². The summed E-state index contributed by atoms with van der Waals surface area (Å²) < 4.78 is 0. The number of anilines is 1. The lowest BCUT2D eigenvalue weighted by atomic mass is 10.1. The summed E-state index contributed by atoms with van der Waals surface area (Å²) in [5, 5.41) is 15.4. The van der Waals surface area contributed by atoms with Gasteiger partial charge in [-0.05, 0) is 36.1 Å². The molecule has 0 aliphatic carbocycles. The molecule has 2 amide bonds. The fraction of sp³-hybridized carbons (Fsp3) is 0.133. The zero-order chi connectivity index (χ0) is 16.1. The molecule has 0 unspecified atom stereocenters. The summed E-state index contributed by atoms with van der Waals surface area (Å²) in [5.41, 5.74) is 1.61. The number of benzene rings is 1. The van der Waals surface area contributed by atoms with Crippen LogP contribution in [-0.2, 0) is 4.79 Å². The first-order valence-electron chi connectivity index (χ1n) is 6.43. The molecule has 0 fully saturated rings. The number of carboxylic acids is 1. The van der Waals surface area contributed by atoms with Crippen LogP contribution in [0.4, 0.5) is 5.69 Å². The van der Waals surface area contributed by atoms with Gasteiger partial charge in [0, 0.05) is 11.3 Å². The summed E-state index contributed by atoms with van der Waals surface area (Å²) in [6.45, 7) is 1.35. The van der Waals surface area contributed by atoms with Crippen molar-refractivity contribution in [2.75, 3.05) is 11.9 Å². The van der Waals surface area contributed by atoms with Crippen LogP contribution in [0.15, 0.2) is 35.7 Å². The lowest BCUT2D eigenvalue weighted by Crippen LogP contribution is -2.29. The average Bonchev–Trinajstić information content (AvgIpc) is 3.01. The number of aliphatic carboxylic acids is 1. The molecule has 2 rings (SSSR count). The fourth-order valence-electron chi connectivity index (χ4n) is 1.75. The summed E-state index contributed by atoms with van der Waals surface area (Å²) in [6, 6.07) is 8.28. The number of hydrogen-bond acceptors (Lipinski definition) is 4. The van der Waals surface area contributed by atoms with E-state index in [1.165, 1.54) is 17.4 Å². The second kappa shape index (κ2) is 6.86. The summed E-state index contributed by atoms with van der Waals surface area (Å²) >= 11 is 1.32. The standard InChI is InChI=1S/C15H14N2O4S/c1-9-4-5-10(14(20)16-8-13(18)19)7-11(9)17-15(21)12-3-2-6-22-12/h2-7H,8H2,1H3,(H,16,20)(H,17,21)(H,18,19). The van der Waals surface area contributed by atoms with E-state index in [-0.39, 0.29) is 11.5 Å². The molecule has 0 saturated heterocycles. The monoisotopic (exact) mass is 318 g/mol. The van der Waals surface area contributed by atoms with Crippen LogP contribution in [-0.4, -0.2) is 29.4 Å². The molecule has 3 N–H and O–H groups in total. The third kappa shape index (κ3) is 3.92. The zero-order valence-electron chi connectivity index (χ0n) is 11.8. The normalized spacial score (nSPS) is 10.0. The second-order valence-electron chi connectivity index (χ2n) is 4.54. The highest BCUT2D eigenvalue weighted by Gasteiger charge is 2.12.